The Bertz CT molecular complexity index is 766. The van der Waals surface area contributed by atoms with Crippen LogP contribution in [0.2, 0.25) is 0 Å². The molecule has 110 valence electrons. The van der Waals surface area contributed by atoms with Crippen LogP contribution in [0.15, 0.2) is 42.2 Å². The molecule has 1 aromatic heterocycles. The Morgan fingerprint density at radius 1 is 1.41 bits per heavy atom. The van der Waals surface area contributed by atoms with E-state index in [4.69, 9.17) is 15.3 Å². The molecule has 0 bridgehead atoms. The quantitative estimate of drug-likeness (QED) is 0.857. The first-order valence-corrected chi connectivity index (χ1v) is 6.30. The minimum Gasteiger partial charge on any atom is -0.485 e. The summed E-state index contributed by atoms with van der Waals surface area (Å²) in [5.41, 5.74) is 0.918. The highest BCUT2D eigenvalue weighted by atomic mass is 19.1. The minimum absolute atomic E-state index is 0.125. The van der Waals surface area contributed by atoms with E-state index in [0.29, 0.717) is 11.4 Å². The van der Waals surface area contributed by atoms with Crippen LogP contribution in [-0.4, -0.2) is 9.78 Å². The topological polar surface area (TPSA) is 86.7 Å². The Morgan fingerprint density at radius 3 is 2.82 bits per heavy atom. The van der Waals surface area contributed by atoms with Crippen LogP contribution < -0.4 is 10.1 Å². The Hall–Kier alpha value is -3.32. The van der Waals surface area contributed by atoms with Crippen LogP contribution >= 0.6 is 0 Å². The van der Waals surface area contributed by atoms with Gasteiger partial charge in [0.2, 0.25) is 0 Å². The van der Waals surface area contributed by atoms with E-state index in [2.05, 4.69) is 10.4 Å². The van der Waals surface area contributed by atoms with Gasteiger partial charge in [0.1, 0.15) is 35.9 Å². The molecule has 0 radical (unpaired) electrons. The van der Waals surface area contributed by atoms with Gasteiger partial charge in [0.15, 0.2) is 0 Å². The second-order valence-corrected chi connectivity index (χ2v) is 4.34. The van der Waals surface area contributed by atoms with Crippen molar-refractivity contribution in [1.82, 2.24) is 9.78 Å². The van der Waals surface area contributed by atoms with E-state index >= 15 is 0 Å². The zero-order chi connectivity index (χ0) is 15.9. The normalized spacial score (nSPS) is 9.45. The van der Waals surface area contributed by atoms with Crippen LogP contribution in [-0.2, 0) is 13.7 Å². The number of nitrogens with zero attached hydrogens (tertiary/aromatic N) is 4. The molecule has 2 aromatic rings. The molecule has 0 fully saturated rings. The summed E-state index contributed by atoms with van der Waals surface area (Å²) in [6.45, 7) is 0.216. The van der Waals surface area contributed by atoms with E-state index < -0.39 is 5.82 Å². The van der Waals surface area contributed by atoms with Gasteiger partial charge in [-0.15, -0.1) is 0 Å². The van der Waals surface area contributed by atoms with E-state index in [-0.39, 0.29) is 12.2 Å². The van der Waals surface area contributed by atoms with Gasteiger partial charge in [-0.3, -0.25) is 4.68 Å². The molecular formula is C15H12FN5O. The maximum Gasteiger partial charge on any atom is 0.145 e. The fourth-order valence-electron chi connectivity index (χ4n) is 1.67. The maximum absolute atomic E-state index is 13.3. The number of nitriles is 2. The average Bonchev–Trinajstić information content (AvgIpc) is 2.93. The summed E-state index contributed by atoms with van der Waals surface area (Å²) >= 11 is 0. The van der Waals surface area contributed by atoms with Crippen molar-refractivity contribution in [1.29, 1.82) is 10.5 Å². The van der Waals surface area contributed by atoms with Crippen LogP contribution in [0.5, 0.6) is 5.75 Å². The number of nitrogens with one attached hydrogen (secondary N) is 1. The molecule has 0 amide bonds. The molecule has 1 heterocycles. The first-order valence-electron chi connectivity index (χ1n) is 6.30. The lowest BCUT2D eigenvalue weighted by molar-refractivity contribution is 0.301. The number of rotatable bonds is 5. The number of hydrogen-bond acceptors (Lipinski definition) is 5. The first-order chi connectivity index (χ1) is 10.6. The first kappa shape index (κ1) is 15.1. The van der Waals surface area contributed by atoms with Crippen molar-refractivity contribution in [2.75, 3.05) is 5.32 Å². The van der Waals surface area contributed by atoms with Crippen LogP contribution in [0.3, 0.4) is 0 Å². The summed E-state index contributed by atoms with van der Waals surface area (Å²) in [5, 5.41) is 24.2. The molecule has 0 unspecified atom stereocenters. The Morgan fingerprint density at radius 2 is 2.18 bits per heavy atom. The van der Waals surface area contributed by atoms with Crippen molar-refractivity contribution < 1.29 is 9.13 Å². The molecule has 0 atom stereocenters. The predicted molar refractivity (Wildman–Crippen MR) is 76.9 cm³/mol. The number of halogens is 1. The number of hydrogen-bond donors (Lipinski definition) is 1. The molecule has 0 saturated carbocycles. The summed E-state index contributed by atoms with van der Waals surface area (Å²) in [6, 6.07) is 9.17. The van der Waals surface area contributed by atoms with Gasteiger partial charge in [-0.25, -0.2) is 4.39 Å². The molecule has 0 aliphatic rings. The molecule has 6 nitrogen and oxygen atoms in total. The van der Waals surface area contributed by atoms with Gasteiger partial charge in [-0.2, -0.15) is 15.6 Å². The van der Waals surface area contributed by atoms with Crippen LogP contribution in [0.1, 0.15) is 5.69 Å². The van der Waals surface area contributed by atoms with Gasteiger partial charge in [0.05, 0.1) is 11.4 Å². The van der Waals surface area contributed by atoms with Gasteiger partial charge in [-0.05, 0) is 18.2 Å². The third kappa shape index (κ3) is 3.84. The largest absolute Gasteiger partial charge is 0.485 e. The van der Waals surface area contributed by atoms with E-state index in [9.17, 15) is 4.39 Å². The lowest BCUT2D eigenvalue weighted by Crippen LogP contribution is -2.01. The number of anilines is 1. The van der Waals surface area contributed by atoms with E-state index in [0.717, 1.165) is 5.69 Å². The van der Waals surface area contributed by atoms with Crippen molar-refractivity contribution in [2.24, 2.45) is 7.05 Å². The van der Waals surface area contributed by atoms with Crippen molar-refractivity contribution >= 4 is 5.69 Å². The Labute approximate surface area is 126 Å². The fraction of sp³-hybridized carbons (Fsp3) is 0.133. The van der Waals surface area contributed by atoms with E-state index in [1.54, 1.807) is 36.1 Å². The molecule has 2 rings (SSSR count). The number of aromatic nitrogens is 2. The second-order valence-electron chi connectivity index (χ2n) is 4.34. The molecule has 22 heavy (non-hydrogen) atoms. The highest BCUT2D eigenvalue weighted by molar-refractivity contribution is 5.59. The van der Waals surface area contributed by atoms with Gasteiger partial charge in [-0.1, -0.05) is 0 Å². The zero-order valence-corrected chi connectivity index (χ0v) is 11.7. The molecule has 1 N–H and O–H groups in total. The molecule has 7 heteroatoms. The average molecular weight is 297 g/mol. The molecule has 0 spiro atoms. The summed E-state index contributed by atoms with van der Waals surface area (Å²) in [4.78, 5) is 0. The summed E-state index contributed by atoms with van der Waals surface area (Å²) in [5.74, 6) is -0.0740. The smallest absolute Gasteiger partial charge is 0.145 e. The third-order valence-electron chi connectivity index (χ3n) is 2.70. The Balaban J connectivity index is 2.15. The molecule has 0 saturated heterocycles. The number of allylic oxidation sites excluding steroid dienone is 1. The van der Waals surface area contributed by atoms with Crippen LogP contribution in [0, 0.1) is 28.5 Å². The lowest BCUT2D eigenvalue weighted by atomic mass is 10.2. The predicted octanol–water partition coefficient (Wildman–Crippen LogP) is 2.48. The highest BCUT2D eigenvalue weighted by Gasteiger charge is 2.06. The van der Waals surface area contributed by atoms with E-state index in [1.165, 1.54) is 24.4 Å². The Kier molecular flexibility index (Phi) is 4.74. The van der Waals surface area contributed by atoms with Crippen LogP contribution in [0.25, 0.3) is 0 Å². The van der Waals surface area contributed by atoms with Gasteiger partial charge < -0.3 is 10.1 Å². The fourth-order valence-corrected chi connectivity index (χ4v) is 1.67. The second kappa shape index (κ2) is 6.91. The molecule has 1 aromatic carbocycles. The van der Waals surface area contributed by atoms with E-state index in [1.807, 2.05) is 0 Å². The summed E-state index contributed by atoms with van der Waals surface area (Å²) in [7, 11) is 1.80. The SMILES string of the molecule is Cn1ccc(COc2ccc(F)cc2NC=C(C#N)C#N)n1. The minimum atomic E-state index is -0.462. The molecule has 0 aliphatic heterocycles. The third-order valence-corrected chi connectivity index (χ3v) is 2.70. The van der Waals surface area contributed by atoms with Crippen molar-refractivity contribution in [3.05, 3.63) is 53.7 Å². The highest BCUT2D eigenvalue weighted by Crippen LogP contribution is 2.26. The number of benzene rings is 1. The van der Waals surface area contributed by atoms with Gasteiger partial charge >= 0.3 is 0 Å². The standard InChI is InChI=1S/C15H12FN5O/c1-21-5-4-13(20-21)10-22-15-3-2-12(16)6-14(15)19-9-11(7-17)8-18/h2-6,9,19H,10H2,1H3. The molecule has 0 aliphatic carbocycles. The summed E-state index contributed by atoms with van der Waals surface area (Å²) < 4.78 is 20.6. The monoisotopic (exact) mass is 297 g/mol. The number of ether oxygens (including phenoxy) is 1. The van der Waals surface area contributed by atoms with Crippen molar-refractivity contribution in [3.63, 3.8) is 0 Å². The number of aryl methyl sites for hydroxylation is 1. The lowest BCUT2D eigenvalue weighted by Gasteiger charge is -2.10. The van der Waals surface area contributed by atoms with Crippen LogP contribution in [0.4, 0.5) is 10.1 Å². The maximum atomic E-state index is 13.3. The van der Waals surface area contributed by atoms with Gasteiger partial charge in [0, 0.05) is 25.5 Å². The summed E-state index contributed by atoms with van der Waals surface area (Å²) in [6.07, 6.45) is 2.99. The van der Waals surface area contributed by atoms with Crippen molar-refractivity contribution in [3.8, 4) is 17.9 Å². The zero-order valence-electron chi connectivity index (χ0n) is 11.7. The molecular weight excluding hydrogens is 285 g/mol. The van der Waals surface area contributed by atoms with Gasteiger partial charge in [0.25, 0.3) is 0 Å². The van der Waals surface area contributed by atoms with Crippen molar-refractivity contribution in [2.45, 2.75) is 6.61 Å².